The van der Waals surface area contributed by atoms with Crippen molar-refractivity contribution in [1.29, 1.82) is 0 Å². The first-order valence-electron chi connectivity index (χ1n) is 4.52. The van der Waals surface area contributed by atoms with Gasteiger partial charge in [-0.1, -0.05) is 0 Å². The van der Waals surface area contributed by atoms with Gasteiger partial charge in [0.05, 0.1) is 0 Å². The molecule has 0 radical (unpaired) electrons. The molecule has 1 aliphatic rings. The van der Waals surface area contributed by atoms with Crippen LogP contribution in [0.5, 0.6) is 0 Å². The summed E-state index contributed by atoms with van der Waals surface area (Å²) in [5.74, 6) is 0. The van der Waals surface area contributed by atoms with E-state index in [-0.39, 0.29) is 31.1 Å². The first-order valence-corrected chi connectivity index (χ1v) is 4.52. The van der Waals surface area contributed by atoms with Crippen LogP contribution in [0.2, 0.25) is 0 Å². The fourth-order valence-electron chi connectivity index (χ4n) is 1.29. The molecule has 0 saturated carbocycles. The molecule has 0 aromatic heterocycles. The van der Waals surface area contributed by atoms with E-state index in [1.165, 1.54) is 25.9 Å². The molecule has 0 aliphatic carbocycles. The molecule has 1 unspecified atom stereocenters. The van der Waals surface area contributed by atoms with Gasteiger partial charge in [0.1, 0.15) is 0 Å². The summed E-state index contributed by atoms with van der Waals surface area (Å²) in [6.07, 6.45) is 3.65. The fraction of sp³-hybridized carbons (Fsp3) is 0.800. The molecule has 0 aromatic carbocycles. The van der Waals surface area contributed by atoms with Gasteiger partial charge in [0.25, 0.3) is 0 Å². The molecule has 1 heterocycles. The summed E-state index contributed by atoms with van der Waals surface area (Å²) < 4.78 is 4.25. The summed E-state index contributed by atoms with van der Waals surface area (Å²) in [5.41, 5.74) is 0. The molecule has 0 aromatic rings. The number of likely N-dealkylation sites (tertiary alicyclic amines) is 1. The van der Waals surface area contributed by atoms with Gasteiger partial charge in [-0.2, -0.15) is 6.42 Å². The van der Waals surface area contributed by atoms with Crippen LogP contribution in [0.3, 0.4) is 0 Å². The van der Waals surface area contributed by atoms with Gasteiger partial charge in [0, 0.05) is 14.2 Å². The van der Waals surface area contributed by atoms with Crippen LogP contribution in [0.1, 0.15) is 19.3 Å². The SMILES string of the molecule is COC.[CH2-]CC([CH2-])N1CCCC1.[U+2]. The van der Waals surface area contributed by atoms with E-state index in [1.54, 1.807) is 14.2 Å². The minimum atomic E-state index is 0. The third-order valence-electron chi connectivity index (χ3n) is 1.99. The number of rotatable bonds is 2. The summed E-state index contributed by atoms with van der Waals surface area (Å²) in [7, 11) is 3.25. The Morgan fingerprint density at radius 2 is 1.69 bits per heavy atom. The van der Waals surface area contributed by atoms with Crippen molar-refractivity contribution in [2.75, 3.05) is 27.3 Å². The van der Waals surface area contributed by atoms with E-state index >= 15 is 0 Å². The topological polar surface area (TPSA) is 12.5 Å². The maximum absolute atomic E-state index is 4.25. The molecule has 1 fully saturated rings. The van der Waals surface area contributed by atoms with Crippen LogP contribution in [0.15, 0.2) is 0 Å². The van der Waals surface area contributed by atoms with Crippen molar-refractivity contribution in [3.05, 3.63) is 13.8 Å². The van der Waals surface area contributed by atoms with Gasteiger partial charge >= 0.3 is 31.1 Å². The Balaban J connectivity index is 0. The predicted molar refractivity (Wildman–Crippen MR) is 52.9 cm³/mol. The van der Waals surface area contributed by atoms with E-state index in [2.05, 4.69) is 23.5 Å². The van der Waals surface area contributed by atoms with E-state index in [4.69, 9.17) is 0 Å². The summed E-state index contributed by atoms with van der Waals surface area (Å²) in [5, 5.41) is 0. The first kappa shape index (κ1) is 16.4. The van der Waals surface area contributed by atoms with Gasteiger partial charge in [0.2, 0.25) is 0 Å². The normalized spacial score (nSPS) is 18.5. The second kappa shape index (κ2) is 11.0. The van der Waals surface area contributed by atoms with Crippen molar-refractivity contribution in [3.8, 4) is 0 Å². The first-order chi connectivity index (χ1) is 5.76. The van der Waals surface area contributed by atoms with Crippen molar-refractivity contribution in [2.24, 2.45) is 0 Å². The van der Waals surface area contributed by atoms with Crippen molar-refractivity contribution >= 4 is 0 Å². The van der Waals surface area contributed by atoms with Crippen LogP contribution < -0.4 is 0 Å². The van der Waals surface area contributed by atoms with Gasteiger partial charge in [0.15, 0.2) is 0 Å². The molecule has 76 valence electrons. The molecule has 1 saturated heterocycles. The van der Waals surface area contributed by atoms with Crippen molar-refractivity contribution < 1.29 is 35.9 Å². The van der Waals surface area contributed by atoms with Crippen LogP contribution in [0, 0.1) is 45.0 Å². The third-order valence-corrected chi connectivity index (χ3v) is 1.99. The molecule has 0 spiro atoms. The van der Waals surface area contributed by atoms with Gasteiger partial charge in [-0.3, -0.25) is 0 Å². The van der Waals surface area contributed by atoms with Gasteiger partial charge in [-0.05, 0) is 25.9 Å². The van der Waals surface area contributed by atoms with Crippen LogP contribution in [-0.2, 0) is 4.74 Å². The Hall–Kier alpha value is 0.972. The Morgan fingerprint density at radius 3 is 2.00 bits per heavy atom. The zero-order chi connectivity index (χ0) is 9.40. The molecule has 1 aliphatic heterocycles. The van der Waals surface area contributed by atoms with E-state index < -0.39 is 0 Å². The molecule has 3 heteroatoms. The molecule has 1 atom stereocenters. The average Bonchev–Trinajstić information content (AvgIpc) is 2.56. The zero-order valence-corrected chi connectivity index (χ0v) is 13.0. The summed E-state index contributed by atoms with van der Waals surface area (Å²) in [4.78, 5) is 2.41. The van der Waals surface area contributed by atoms with Crippen LogP contribution in [0.25, 0.3) is 0 Å². The fourth-order valence-corrected chi connectivity index (χ4v) is 1.29. The number of hydrogen-bond donors (Lipinski definition) is 0. The minimum Gasteiger partial charge on any atom is -0.388 e. The maximum atomic E-state index is 4.25. The Bertz CT molecular complexity index is 94.9. The van der Waals surface area contributed by atoms with Crippen molar-refractivity contribution in [3.63, 3.8) is 0 Å². The third kappa shape index (κ3) is 8.00. The largest absolute Gasteiger partial charge is 2.00 e. The smallest absolute Gasteiger partial charge is 0.388 e. The number of hydrogen-bond acceptors (Lipinski definition) is 2. The Kier molecular flexibility index (Phi) is 13.9. The zero-order valence-electron chi connectivity index (χ0n) is 8.88. The number of nitrogens with zero attached hydrogens (tertiary/aromatic N) is 1. The second-order valence-corrected chi connectivity index (χ2v) is 3.09. The molecule has 2 nitrogen and oxygen atoms in total. The van der Waals surface area contributed by atoms with Gasteiger partial charge in [-0.15, -0.1) is 6.04 Å². The van der Waals surface area contributed by atoms with E-state index in [0.717, 1.165) is 6.42 Å². The standard InChI is InChI=1S/C8H15N.C2H6O.U/c1-3-8(2)9-6-4-5-7-9;1-3-2;/h8H,1-7H2;1-2H3;/q-2;;+2. The van der Waals surface area contributed by atoms with Crippen LogP contribution in [-0.4, -0.2) is 38.3 Å². The van der Waals surface area contributed by atoms with Crippen molar-refractivity contribution in [1.82, 2.24) is 4.90 Å². The summed E-state index contributed by atoms with van der Waals surface area (Å²) >= 11 is 0. The maximum Gasteiger partial charge on any atom is 2.00 e. The summed E-state index contributed by atoms with van der Waals surface area (Å²) in [6, 6.07) is 0.465. The summed E-state index contributed by atoms with van der Waals surface area (Å²) in [6.45, 7) is 10.3. The predicted octanol–water partition coefficient (Wildman–Crippen LogP) is 1.77. The molecule has 0 amide bonds. The molecule has 0 N–H and O–H groups in total. The molecule has 1 rings (SSSR count). The van der Waals surface area contributed by atoms with E-state index in [0.29, 0.717) is 6.04 Å². The molecule has 0 bridgehead atoms. The van der Waals surface area contributed by atoms with Crippen LogP contribution >= 0.6 is 0 Å². The van der Waals surface area contributed by atoms with E-state index in [1.807, 2.05) is 0 Å². The van der Waals surface area contributed by atoms with Gasteiger partial charge in [-0.25, -0.2) is 0 Å². The minimum absolute atomic E-state index is 0. The van der Waals surface area contributed by atoms with Crippen LogP contribution in [0.4, 0.5) is 0 Å². The second-order valence-electron chi connectivity index (χ2n) is 3.09. The van der Waals surface area contributed by atoms with Gasteiger partial charge < -0.3 is 23.5 Å². The monoisotopic (exact) mass is 409 g/mol. The molecular weight excluding hydrogens is 388 g/mol. The molecular formula is C10H21NOU. The number of methoxy groups -OCH3 is 1. The molecule has 13 heavy (non-hydrogen) atoms. The quantitative estimate of drug-likeness (QED) is 0.645. The average molecular weight is 409 g/mol. The Morgan fingerprint density at radius 1 is 1.31 bits per heavy atom. The van der Waals surface area contributed by atoms with Crippen molar-refractivity contribution in [2.45, 2.75) is 25.3 Å². The van der Waals surface area contributed by atoms with E-state index in [9.17, 15) is 0 Å². The number of ether oxygens (including phenoxy) is 1. The Labute approximate surface area is 107 Å².